The lowest BCUT2D eigenvalue weighted by Crippen LogP contribution is -2.43. The summed E-state index contributed by atoms with van der Waals surface area (Å²) in [5, 5.41) is 14.0. The molecule has 1 aliphatic rings. The molecule has 8 nitrogen and oxygen atoms in total. The summed E-state index contributed by atoms with van der Waals surface area (Å²) in [6.07, 6.45) is 3.28. The number of aliphatic carboxylic acids is 1. The molecule has 3 N–H and O–H groups in total. The van der Waals surface area contributed by atoms with Gasteiger partial charge in [0, 0.05) is 35.0 Å². The molecule has 5 rings (SSSR count). The standard InChI is InChI=1S/C28H28N2O6/c1-15-19-10-16-8-9-28(2,3)36-23(16)13-24(19)35-27(34)20(15)12-25(31)30-22(26(32)33)11-17-14-29-21-7-5-4-6-18(17)21/h4-7,10,13-14,22,29H,8-9,11-12H2,1-3H3,(H,30,31)(H,32,33)/t22-/m0/s1. The molecule has 0 aliphatic carbocycles. The van der Waals surface area contributed by atoms with Gasteiger partial charge in [0.05, 0.1) is 12.0 Å². The van der Waals surface area contributed by atoms with Gasteiger partial charge in [-0.05, 0) is 62.4 Å². The summed E-state index contributed by atoms with van der Waals surface area (Å²) < 4.78 is 11.6. The Balaban J connectivity index is 1.38. The molecule has 8 heteroatoms. The summed E-state index contributed by atoms with van der Waals surface area (Å²) in [4.78, 5) is 40.7. The van der Waals surface area contributed by atoms with Crippen LogP contribution in [0.2, 0.25) is 0 Å². The topological polar surface area (TPSA) is 122 Å². The molecule has 0 radical (unpaired) electrons. The first-order valence-electron chi connectivity index (χ1n) is 12.0. The highest BCUT2D eigenvalue weighted by Gasteiger charge is 2.28. The van der Waals surface area contributed by atoms with Crippen LogP contribution in [0, 0.1) is 6.92 Å². The maximum Gasteiger partial charge on any atom is 0.340 e. The van der Waals surface area contributed by atoms with Gasteiger partial charge in [-0.3, -0.25) is 4.79 Å². The van der Waals surface area contributed by atoms with Crippen molar-refractivity contribution in [3.05, 3.63) is 75.3 Å². The summed E-state index contributed by atoms with van der Waals surface area (Å²) in [7, 11) is 0. The van der Waals surface area contributed by atoms with Gasteiger partial charge in [0.2, 0.25) is 5.91 Å². The predicted octanol–water partition coefficient (Wildman–Crippen LogP) is 4.04. The van der Waals surface area contributed by atoms with E-state index >= 15 is 0 Å². The number of para-hydroxylation sites is 1. The molecule has 0 spiro atoms. The number of amides is 1. The van der Waals surface area contributed by atoms with Crippen LogP contribution in [0.4, 0.5) is 0 Å². The highest BCUT2D eigenvalue weighted by atomic mass is 16.5. The molecule has 2 aromatic carbocycles. The fraction of sp³-hybridized carbons (Fsp3) is 0.321. The lowest BCUT2D eigenvalue weighted by molar-refractivity contribution is -0.141. The van der Waals surface area contributed by atoms with Crippen LogP contribution in [0.5, 0.6) is 5.75 Å². The highest BCUT2D eigenvalue weighted by molar-refractivity contribution is 5.89. The molecule has 0 fully saturated rings. The van der Waals surface area contributed by atoms with Crippen molar-refractivity contribution in [3.8, 4) is 5.75 Å². The lowest BCUT2D eigenvalue weighted by Gasteiger charge is -2.32. The van der Waals surface area contributed by atoms with Crippen LogP contribution >= 0.6 is 0 Å². The van der Waals surface area contributed by atoms with Crippen molar-refractivity contribution >= 4 is 33.7 Å². The van der Waals surface area contributed by atoms with Crippen molar-refractivity contribution in [3.63, 3.8) is 0 Å². The second kappa shape index (κ2) is 8.86. The van der Waals surface area contributed by atoms with E-state index in [9.17, 15) is 19.5 Å². The minimum absolute atomic E-state index is 0.110. The summed E-state index contributed by atoms with van der Waals surface area (Å²) in [6, 6.07) is 10.1. The maximum absolute atomic E-state index is 12.9. The number of nitrogens with one attached hydrogen (secondary N) is 2. The molecule has 186 valence electrons. The first-order valence-corrected chi connectivity index (χ1v) is 12.0. The minimum Gasteiger partial charge on any atom is -0.487 e. The van der Waals surface area contributed by atoms with Crippen LogP contribution in [-0.4, -0.2) is 33.6 Å². The Hall–Kier alpha value is -4.07. The molecule has 0 unspecified atom stereocenters. The van der Waals surface area contributed by atoms with Crippen LogP contribution < -0.4 is 15.7 Å². The quantitative estimate of drug-likeness (QED) is 0.352. The Morgan fingerprint density at radius 1 is 1.19 bits per heavy atom. The molecular weight excluding hydrogens is 460 g/mol. The van der Waals surface area contributed by atoms with Crippen LogP contribution in [-0.2, 0) is 28.9 Å². The van der Waals surface area contributed by atoms with Crippen LogP contribution in [0.15, 0.2) is 51.8 Å². The number of carbonyl (C=O) groups is 2. The lowest BCUT2D eigenvalue weighted by atomic mass is 9.92. The average Bonchev–Trinajstić information content (AvgIpc) is 3.22. The Kier molecular flexibility index (Phi) is 5.82. The van der Waals surface area contributed by atoms with Crippen molar-refractivity contribution in [1.29, 1.82) is 0 Å². The van der Waals surface area contributed by atoms with E-state index in [1.807, 2.05) is 44.2 Å². The van der Waals surface area contributed by atoms with E-state index in [-0.39, 0.29) is 24.0 Å². The first-order chi connectivity index (χ1) is 17.1. The van der Waals surface area contributed by atoms with E-state index in [1.165, 1.54) is 0 Å². The smallest absolute Gasteiger partial charge is 0.340 e. The SMILES string of the molecule is Cc1c(CC(=O)N[C@@H](Cc2c[nH]c3ccccc23)C(=O)O)c(=O)oc2cc3c(cc12)CCC(C)(C)O3. The van der Waals surface area contributed by atoms with Crippen LogP contribution in [0.25, 0.3) is 21.9 Å². The van der Waals surface area contributed by atoms with E-state index in [0.29, 0.717) is 16.9 Å². The molecule has 3 heterocycles. The van der Waals surface area contributed by atoms with Crippen LogP contribution in [0.1, 0.15) is 42.5 Å². The number of hydrogen-bond acceptors (Lipinski definition) is 5. The fourth-order valence-electron chi connectivity index (χ4n) is 4.87. The molecule has 4 aromatic rings. The molecule has 36 heavy (non-hydrogen) atoms. The minimum atomic E-state index is -1.15. The zero-order valence-corrected chi connectivity index (χ0v) is 20.4. The summed E-state index contributed by atoms with van der Waals surface area (Å²) in [5.41, 5.74) is 3.06. The summed E-state index contributed by atoms with van der Waals surface area (Å²) in [5.74, 6) is -1.00. The van der Waals surface area contributed by atoms with Gasteiger partial charge in [0.15, 0.2) is 0 Å². The van der Waals surface area contributed by atoms with Gasteiger partial charge in [-0.25, -0.2) is 9.59 Å². The van der Waals surface area contributed by atoms with Gasteiger partial charge >= 0.3 is 11.6 Å². The van der Waals surface area contributed by atoms with E-state index in [4.69, 9.17) is 9.15 Å². The number of carbonyl (C=O) groups excluding carboxylic acids is 1. The third-order valence-corrected chi connectivity index (χ3v) is 6.92. The monoisotopic (exact) mass is 488 g/mol. The summed E-state index contributed by atoms with van der Waals surface area (Å²) in [6.45, 7) is 5.82. The van der Waals surface area contributed by atoms with E-state index < -0.39 is 23.5 Å². The van der Waals surface area contributed by atoms with Crippen molar-refractivity contribution in [2.24, 2.45) is 0 Å². The van der Waals surface area contributed by atoms with Crippen LogP contribution in [0.3, 0.4) is 0 Å². The zero-order valence-electron chi connectivity index (χ0n) is 20.4. The number of H-pyrrole nitrogens is 1. The second-order valence-electron chi connectivity index (χ2n) is 10.0. The van der Waals surface area contributed by atoms with E-state index in [1.54, 1.807) is 19.2 Å². The Morgan fingerprint density at radius 3 is 2.75 bits per heavy atom. The molecule has 0 saturated carbocycles. The average molecular weight is 489 g/mol. The van der Waals surface area contributed by atoms with Crippen molar-refractivity contribution in [2.75, 3.05) is 0 Å². The highest BCUT2D eigenvalue weighted by Crippen LogP contribution is 2.36. The predicted molar refractivity (Wildman–Crippen MR) is 136 cm³/mol. The maximum atomic E-state index is 12.9. The number of ether oxygens (including phenoxy) is 1. The number of aromatic nitrogens is 1. The van der Waals surface area contributed by atoms with Gasteiger partial charge in [0.25, 0.3) is 0 Å². The number of hydrogen-bond donors (Lipinski definition) is 3. The van der Waals surface area contributed by atoms with E-state index in [0.717, 1.165) is 40.3 Å². The molecule has 1 atom stereocenters. The van der Waals surface area contributed by atoms with Crippen molar-refractivity contribution < 1.29 is 23.8 Å². The molecule has 2 aromatic heterocycles. The van der Waals surface area contributed by atoms with Gasteiger partial charge in [0.1, 0.15) is 23.0 Å². The Morgan fingerprint density at radius 2 is 1.97 bits per heavy atom. The van der Waals surface area contributed by atoms with Gasteiger partial charge in [-0.1, -0.05) is 18.2 Å². The Bertz CT molecular complexity index is 1560. The Labute approximate surface area is 207 Å². The third-order valence-electron chi connectivity index (χ3n) is 6.92. The molecule has 0 saturated heterocycles. The fourth-order valence-corrected chi connectivity index (χ4v) is 4.87. The molecule has 1 amide bonds. The summed E-state index contributed by atoms with van der Waals surface area (Å²) >= 11 is 0. The number of rotatable bonds is 6. The third kappa shape index (κ3) is 4.46. The van der Waals surface area contributed by atoms with Gasteiger partial charge < -0.3 is 24.6 Å². The van der Waals surface area contributed by atoms with Gasteiger partial charge in [-0.2, -0.15) is 0 Å². The van der Waals surface area contributed by atoms with Crippen molar-refractivity contribution in [2.45, 2.75) is 58.1 Å². The number of carboxylic acid groups (broad SMARTS) is 1. The number of benzene rings is 2. The number of carboxylic acids is 1. The van der Waals surface area contributed by atoms with Gasteiger partial charge in [-0.15, -0.1) is 0 Å². The van der Waals surface area contributed by atoms with Crippen molar-refractivity contribution in [1.82, 2.24) is 10.3 Å². The first kappa shape index (κ1) is 23.7. The number of aryl methyl sites for hydroxylation is 2. The largest absolute Gasteiger partial charge is 0.487 e. The molecular formula is C28H28N2O6. The van der Waals surface area contributed by atoms with E-state index in [2.05, 4.69) is 10.3 Å². The zero-order chi connectivity index (χ0) is 25.6. The normalized spacial score (nSPS) is 15.3. The molecule has 1 aliphatic heterocycles. The number of aromatic amines is 1. The molecule has 0 bridgehead atoms. The second-order valence-corrected chi connectivity index (χ2v) is 10.0. The number of fused-ring (bicyclic) bond motifs is 3.